The molecule has 1 fully saturated rings. The van der Waals surface area contributed by atoms with Crippen LogP contribution in [0.25, 0.3) is 0 Å². The van der Waals surface area contributed by atoms with Crippen molar-refractivity contribution in [1.29, 1.82) is 0 Å². The van der Waals surface area contributed by atoms with E-state index in [0.29, 0.717) is 11.4 Å². The quantitative estimate of drug-likeness (QED) is 0.879. The van der Waals surface area contributed by atoms with Crippen LogP contribution in [0.15, 0.2) is 36.5 Å². The molecule has 0 amide bonds. The Morgan fingerprint density at radius 1 is 1.29 bits per heavy atom. The van der Waals surface area contributed by atoms with Gasteiger partial charge in [-0.25, -0.2) is 0 Å². The van der Waals surface area contributed by atoms with Crippen LogP contribution in [0, 0.1) is 5.92 Å². The molecule has 0 radical (unpaired) electrons. The number of carboxylic acid groups (broad SMARTS) is 1. The van der Waals surface area contributed by atoms with Crippen molar-refractivity contribution < 1.29 is 9.90 Å². The number of rotatable bonds is 1. The Hall–Kier alpha value is -1.87. The molecular weight excluding hydrogens is 286 g/mol. The molecule has 2 aromatic rings. The van der Waals surface area contributed by atoms with Crippen LogP contribution >= 0.6 is 11.6 Å². The van der Waals surface area contributed by atoms with E-state index in [9.17, 15) is 9.90 Å². The van der Waals surface area contributed by atoms with E-state index in [-0.39, 0.29) is 5.92 Å². The van der Waals surface area contributed by atoms with Crippen LogP contribution in [-0.2, 0) is 23.1 Å². The lowest BCUT2D eigenvalue weighted by Crippen LogP contribution is -2.19. The second-order valence-electron chi connectivity index (χ2n) is 5.88. The molecule has 0 aliphatic heterocycles. The predicted octanol–water partition coefficient (Wildman–Crippen LogP) is 3.22. The highest BCUT2D eigenvalue weighted by Crippen LogP contribution is 2.61. The molecule has 1 saturated carbocycles. The molecule has 2 atom stereocenters. The van der Waals surface area contributed by atoms with E-state index in [1.807, 2.05) is 24.3 Å². The van der Waals surface area contributed by atoms with E-state index in [4.69, 9.17) is 11.6 Å². The van der Waals surface area contributed by atoms with Gasteiger partial charge in [-0.2, -0.15) is 0 Å². The van der Waals surface area contributed by atoms with Gasteiger partial charge in [0, 0.05) is 11.2 Å². The number of carboxylic acids is 1. The van der Waals surface area contributed by atoms with E-state index in [0.717, 1.165) is 35.2 Å². The highest BCUT2D eigenvalue weighted by molar-refractivity contribution is 6.30. The number of halogens is 1. The number of aromatic nitrogens is 1. The fourth-order valence-corrected chi connectivity index (χ4v) is 3.96. The van der Waals surface area contributed by atoms with Crippen molar-refractivity contribution in [2.24, 2.45) is 5.92 Å². The number of nitrogens with zero attached hydrogens (tertiary/aromatic N) is 1. The van der Waals surface area contributed by atoms with Gasteiger partial charge in [0.05, 0.1) is 17.0 Å². The Kier molecular flexibility index (Phi) is 2.64. The average Bonchev–Trinajstić information content (AvgIpc) is 3.23. The number of fused-ring (bicyclic) bond motifs is 4. The number of carbonyl (C=O) groups is 1. The summed E-state index contributed by atoms with van der Waals surface area (Å²) in [6.45, 7) is 0. The van der Waals surface area contributed by atoms with Crippen molar-refractivity contribution >= 4 is 17.6 Å². The maximum atomic E-state index is 11.6. The summed E-state index contributed by atoms with van der Waals surface area (Å²) in [6.07, 6.45) is 4.15. The summed E-state index contributed by atoms with van der Waals surface area (Å²) < 4.78 is 0. The molecule has 0 bridgehead atoms. The number of hydrogen-bond donors (Lipinski definition) is 1. The van der Waals surface area contributed by atoms with E-state index >= 15 is 0 Å². The number of hydrogen-bond acceptors (Lipinski definition) is 2. The van der Waals surface area contributed by atoms with Gasteiger partial charge < -0.3 is 5.11 Å². The Morgan fingerprint density at radius 2 is 2.10 bits per heavy atom. The van der Waals surface area contributed by atoms with Crippen molar-refractivity contribution in [3.63, 3.8) is 0 Å². The smallest absolute Gasteiger partial charge is 0.307 e. The minimum atomic E-state index is -0.741. The van der Waals surface area contributed by atoms with Gasteiger partial charge in [-0.15, -0.1) is 0 Å². The molecule has 2 aliphatic rings. The van der Waals surface area contributed by atoms with Gasteiger partial charge in [0.25, 0.3) is 0 Å². The summed E-state index contributed by atoms with van der Waals surface area (Å²) in [5.74, 6) is -1.13. The van der Waals surface area contributed by atoms with Crippen molar-refractivity contribution in [3.8, 4) is 0 Å². The SMILES string of the molecule is O=C(O)[C@H]1C[C@@]12c1ccc(Cl)cc1CCc1cccnc12. The third kappa shape index (κ3) is 1.74. The van der Waals surface area contributed by atoms with E-state index < -0.39 is 11.4 Å². The average molecular weight is 300 g/mol. The summed E-state index contributed by atoms with van der Waals surface area (Å²) >= 11 is 6.12. The molecule has 2 aliphatic carbocycles. The second kappa shape index (κ2) is 4.31. The van der Waals surface area contributed by atoms with Crippen LogP contribution in [0.2, 0.25) is 5.02 Å². The van der Waals surface area contributed by atoms with Crippen molar-refractivity contribution in [1.82, 2.24) is 4.98 Å². The minimum Gasteiger partial charge on any atom is -0.481 e. The van der Waals surface area contributed by atoms with Crippen LogP contribution in [0.5, 0.6) is 0 Å². The summed E-state index contributed by atoms with van der Waals surface area (Å²) in [7, 11) is 0. The molecular formula is C17H14ClNO2. The van der Waals surface area contributed by atoms with Crippen LogP contribution in [0.4, 0.5) is 0 Å². The first-order valence-electron chi connectivity index (χ1n) is 7.09. The molecule has 4 heteroatoms. The van der Waals surface area contributed by atoms with Crippen molar-refractivity contribution in [2.45, 2.75) is 24.7 Å². The van der Waals surface area contributed by atoms with E-state index in [1.165, 1.54) is 0 Å². The first-order chi connectivity index (χ1) is 10.1. The molecule has 0 saturated heterocycles. The van der Waals surface area contributed by atoms with Gasteiger partial charge in [-0.3, -0.25) is 9.78 Å². The Labute approximate surface area is 127 Å². The molecule has 1 heterocycles. The van der Waals surface area contributed by atoms with Crippen LogP contribution in [0.1, 0.15) is 28.8 Å². The van der Waals surface area contributed by atoms with Gasteiger partial charge >= 0.3 is 5.97 Å². The summed E-state index contributed by atoms with van der Waals surface area (Å²) in [6, 6.07) is 9.81. The van der Waals surface area contributed by atoms with E-state index in [1.54, 1.807) is 6.20 Å². The lowest BCUT2D eigenvalue weighted by molar-refractivity contribution is -0.138. The zero-order valence-electron chi connectivity index (χ0n) is 11.3. The first-order valence-corrected chi connectivity index (χ1v) is 7.47. The third-order valence-corrected chi connectivity index (χ3v) is 5.02. The Bertz CT molecular complexity index is 758. The van der Waals surface area contributed by atoms with Crippen LogP contribution < -0.4 is 0 Å². The number of benzene rings is 1. The molecule has 4 rings (SSSR count). The van der Waals surface area contributed by atoms with Gasteiger partial charge in [0.2, 0.25) is 0 Å². The maximum Gasteiger partial charge on any atom is 0.307 e. The largest absolute Gasteiger partial charge is 0.481 e. The fraction of sp³-hybridized carbons (Fsp3) is 0.294. The molecule has 1 spiro atoms. The van der Waals surface area contributed by atoms with Gasteiger partial charge in [-0.1, -0.05) is 23.7 Å². The van der Waals surface area contributed by atoms with Crippen LogP contribution in [0.3, 0.4) is 0 Å². The normalized spacial score (nSPS) is 25.9. The molecule has 1 aromatic carbocycles. The molecule has 0 unspecified atom stereocenters. The molecule has 21 heavy (non-hydrogen) atoms. The van der Waals surface area contributed by atoms with Crippen LogP contribution in [-0.4, -0.2) is 16.1 Å². The topological polar surface area (TPSA) is 50.2 Å². The Balaban J connectivity index is 1.98. The number of pyridine rings is 1. The molecule has 3 nitrogen and oxygen atoms in total. The number of aliphatic carboxylic acids is 1. The van der Waals surface area contributed by atoms with Gasteiger partial charge in [0.15, 0.2) is 0 Å². The number of aryl methyl sites for hydroxylation is 2. The lowest BCUT2D eigenvalue weighted by Gasteiger charge is -2.19. The molecule has 1 N–H and O–H groups in total. The summed E-state index contributed by atoms with van der Waals surface area (Å²) in [5, 5.41) is 10.2. The van der Waals surface area contributed by atoms with Crippen molar-refractivity contribution in [2.75, 3.05) is 0 Å². The minimum absolute atomic E-state index is 0.385. The third-order valence-electron chi connectivity index (χ3n) is 4.78. The van der Waals surface area contributed by atoms with E-state index in [2.05, 4.69) is 11.1 Å². The molecule has 106 valence electrons. The Morgan fingerprint density at radius 3 is 2.86 bits per heavy atom. The highest BCUT2D eigenvalue weighted by atomic mass is 35.5. The predicted molar refractivity (Wildman–Crippen MR) is 79.6 cm³/mol. The second-order valence-corrected chi connectivity index (χ2v) is 6.32. The first kappa shape index (κ1) is 12.8. The maximum absolute atomic E-state index is 11.6. The summed E-state index contributed by atoms with van der Waals surface area (Å²) in [4.78, 5) is 16.1. The highest BCUT2D eigenvalue weighted by Gasteiger charge is 2.63. The summed E-state index contributed by atoms with van der Waals surface area (Å²) in [5.41, 5.74) is 3.90. The zero-order valence-corrected chi connectivity index (χ0v) is 12.1. The van der Waals surface area contributed by atoms with Gasteiger partial charge in [-0.05, 0) is 54.2 Å². The fourth-order valence-electron chi connectivity index (χ4n) is 3.76. The monoisotopic (exact) mass is 299 g/mol. The van der Waals surface area contributed by atoms with Gasteiger partial charge in [0.1, 0.15) is 0 Å². The zero-order chi connectivity index (χ0) is 14.6. The standard InChI is InChI=1S/C17H14ClNO2/c18-12-5-6-13-11(8-12)4-3-10-2-1-7-19-15(10)17(13)9-14(17)16(20)21/h1-2,5-8,14H,3-4,9H2,(H,20,21)/t14-,17-/m1/s1. The van der Waals surface area contributed by atoms with Crippen molar-refractivity contribution in [3.05, 3.63) is 63.9 Å². The lowest BCUT2D eigenvalue weighted by atomic mass is 9.86. The molecule has 1 aromatic heterocycles.